The van der Waals surface area contributed by atoms with Crippen LogP contribution in [0.3, 0.4) is 0 Å². The Kier molecular flexibility index (Phi) is 5.34. The highest BCUT2D eigenvalue weighted by molar-refractivity contribution is 8.00. The molecule has 2 aromatic carbocycles. The summed E-state index contributed by atoms with van der Waals surface area (Å²) in [6.07, 6.45) is 3.87. The number of methoxy groups -OCH3 is 1. The molecule has 0 saturated heterocycles. The van der Waals surface area contributed by atoms with E-state index in [9.17, 15) is 9.59 Å². The molecule has 2 fully saturated rings. The van der Waals surface area contributed by atoms with E-state index in [0.29, 0.717) is 17.1 Å². The number of para-hydroxylation sites is 1. The van der Waals surface area contributed by atoms with Gasteiger partial charge in [0.15, 0.2) is 0 Å². The normalized spacial score (nSPS) is 27.1. The molecular formula is C26H26N2O3S2. The second kappa shape index (κ2) is 8.37. The molecule has 3 aromatic rings. The Labute approximate surface area is 201 Å². The van der Waals surface area contributed by atoms with Crippen LogP contribution in [0.15, 0.2) is 64.4 Å². The van der Waals surface area contributed by atoms with Gasteiger partial charge in [-0.05, 0) is 66.8 Å². The topological polar surface area (TPSA) is 60.3 Å². The third-order valence-electron chi connectivity index (χ3n) is 7.52. The van der Waals surface area contributed by atoms with Gasteiger partial charge in [0.2, 0.25) is 5.91 Å². The van der Waals surface area contributed by atoms with E-state index in [0.717, 1.165) is 27.3 Å². The number of aromatic nitrogens is 1. The van der Waals surface area contributed by atoms with Crippen LogP contribution in [0.2, 0.25) is 0 Å². The molecule has 2 saturated carbocycles. The second-order valence-corrected chi connectivity index (χ2v) is 11.4. The van der Waals surface area contributed by atoms with Gasteiger partial charge in [-0.2, -0.15) is 0 Å². The Balaban J connectivity index is 1.37. The standard InChI is InChI=1S/C26H26N2O3S2/c1-31-19-11-9-15(10-12-19)21-22-16-7-8-17(13-16)23(22)32-25-24(21)33-26(30)28(25)14-20(29)27-18-5-3-2-4-6-18/h2-6,9-12,16-17,21-23H,7-8,13-14H2,1H3,(H,27,29)/t16-,17-,21-,22-,23+/m0/s1. The molecule has 5 nitrogen and oxygen atoms in total. The van der Waals surface area contributed by atoms with Gasteiger partial charge in [0.25, 0.3) is 0 Å². The van der Waals surface area contributed by atoms with Gasteiger partial charge in [-0.3, -0.25) is 14.2 Å². The van der Waals surface area contributed by atoms with Crippen molar-refractivity contribution < 1.29 is 9.53 Å². The number of nitrogens with one attached hydrogen (secondary N) is 1. The highest BCUT2D eigenvalue weighted by Gasteiger charge is 2.55. The van der Waals surface area contributed by atoms with Crippen LogP contribution in [-0.4, -0.2) is 22.8 Å². The number of benzene rings is 2. The number of ether oxygens (including phenoxy) is 1. The number of thiazole rings is 1. The van der Waals surface area contributed by atoms with Crippen molar-refractivity contribution in [2.24, 2.45) is 17.8 Å². The second-order valence-electron chi connectivity index (χ2n) is 9.28. The third kappa shape index (κ3) is 3.62. The maximum atomic E-state index is 13.1. The van der Waals surface area contributed by atoms with E-state index in [1.54, 1.807) is 11.7 Å². The minimum absolute atomic E-state index is 0.0402. The van der Waals surface area contributed by atoms with E-state index in [1.807, 2.05) is 54.2 Å². The minimum atomic E-state index is -0.166. The SMILES string of the molecule is COc1ccc([C@@H]2c3sc(=O)n(CC(=O)Nc4ccccc4)c3S[C@@H]3[C@H]4CC[C@@H](C4)[C@@H]23)cc1. The van der Waals surface area contributed by atoms with Gasteiger partial charge >= 0.3 is 4.87 Å². The number of thioether (sulfide) groups is 1. The number of rotatable bonds is 5. The predicted octanol–water partition coefficient (Wildman–Crippen LogP) is 5.21. The van der Waals surface area contributed by atoms with Crippen LogP contribution in [0.1, 0.15) is 35.6 Å². The number of amides is 1. The summed E-state index contributed by atoms with van der Waals surface area (Å²) in [7, 11) is 1.68. The first-order valence-corrected chi connectivity index (χ1v) is 13.2. The van der Waals surface area contributed by atoms with Crippen molar-refractivity contribution in [3.63, 3.8) is 0 Å². The van der Waals surface area contributed by atoms with Crippen molar-refractivity contribution in [3.8, 4) is 5.75 Å². The fraction of sp³-hybridized carbons (Fsp3) is 0.385. The van der Waals surface area contributed by atoms with E-state index in [1.165, 1.54) is 36.2 Å². The van der Waals surface area contributed by atoms with Gasteiger partial charge in [-0.25, -0.2) is 0 Å². The summed E-state index contributed by atoms with van der Waals surface area (Å²) in [5, 5.41) is 4.44. The molecule has 2 heterocycles. The quantitative estimate of drug-likeness (QED) is 0.547. The zero-order chi connectivity index (χ0) is 22.5. The maximum absolute atomic E-state index is 13.1. The largest absolute Gasteiger partial charge is 0.497 e. The van der Waals surface area contributed by atoms with E-state index >= 15 is 0 Å². The lowest BCUT2D eigenvalue weighted by Gasteiger charge is -2.40. The highest BCUT2D eigenvalue weighted by atomic mass is 32.2. The number of hydrogen-bond donors (Lipinski definition) is 1. The van der Waals surface area contributed by atoms with Gasteiger partial charge in [-0.1, -0.05) is 41.7 Å². The van der Waals surface area contributed by atoms with Gasteiger partial charge in [-0.15, -0.1) is 11.8 Å². The van der Waals surface area contributed by atoms with Crippen molar-refractivity contribution in [2.45, 2.75) is 42.0 Å². The highest BCUT2D eigenvalue weighted by Crippen LogP contribution is 2.64. The van der Waals surface area contributed by atoms with Crippen LogP contribution < -0.4 is 14.9 Å². The Bertz CT molecular complexity index is 1230. The van der Waals surface area contributed by atoms with Gasteiger partial charge in [0.1, 0.15) is 12.3 Å². The first-order chi connectivity index (χ1) is 16.1. The molecule has 0 unspecified atom stereocenters. The fourth-order valence-corrected chi connectivity index (χ4v) is 9.29. The lowest BCUT2D eigenvalue weighted by Crippen LogP contribution is -2.34. The number of anilines is 1. The van der Waals surface area contributed by atoms with Crippen molar-refractivity contribution in [3.05, 3.63) is 74.7 Å². The van der Waals surface area contributed by atoms with Gasteiger partial charge in [0.05, 0.1) is 12.1 Å². The summed E-state index contributed by atoms with van der Waals surface area (Å²) in [6.45, 7) is 0.0490. The zero-order valence-corrected chi connectivity index (χ0v) is 20.0. The molecular weight excluding hydrogens is 452 g/mol. The molecule has 1 amide bonds. The molecule has 1 aliphatic heterocycles. The van der Waals surface area contributed by atoms with Crippen LogP contribution in [0.25, 0.3) is 0 Å². The maximum Gasteiger partial charge on any atom is 0.308 e. The van der Waals surface area contributed by atoms with E-state index < -0.39 is 0 Å². The van der Waals surface area contributed by atoms with Crippen LogP contribution in [-0.2, 0) is 11.3 Å². The summed E-state index contributed by atoms with van der Waals surface area (Å²) < 4.78 is 7.09. The molecule has 33 heavy (non-hydrogen) atoms. The van der Waals surface area contributed by atoms with Gasteiger partial charge in [0, 0.05) is 21.7 Å². The molecule has 2 aliphatic carbocycles. The van der Waals surface area contributed by atoms with Crippen molar-refractivity contribution >= 4 is 34.7 Å². The minimum Gasteiger partial charge on any atom is -0.497 e. The molecule has 170 valence electrons. The first kappa shape index (κ1) is 21.1. The monoisotopic (exact) mass is 478 g/mol. The smallest absolute Gasteiger partial charge is 0.308 e. The molecule has 3 aliphatic rings. The Morgan fingerprint density at radius 2 is 1.85 bits per heavy atom. The van der Waals surface area contributed by atoms with Crippen molar-refractivity contribution in [1.29, 1.82) is 0 Å². The van der Waals surface area contributed by atoms with Crippen LogP contribution in [0, 0.1) is 17.8 Å². The van der Waals surface area contributed by atoms with Crippen molar-refractivity contribution in [2.75, 3.05) is 12.4 Å². The molecule has 0 radical (unpaired) electrons. The number of hydrogen-bond acceptors (Lipinski definition) is 5. The zero-order valence-electron chi connectivity index (χ0n) is 18.4. The molecule has 0 spiro atoms. The third-order valence-corrected chi connectivity index (χ3v) is 10.4. The first-order valence-electron chi connectivity index (χ1n) is 11.5. The van der Waals surface area contributed by atoms with E-state index in [2.05, 4.69) is 17.4 Å². The number of carbonyl (C=O) groups is 1. The average molecular weight is 479 g/mol. The molecule has 6 rings (SSSR count). The van der Waals surface area contributed by atoms with Crippen LogP contribution >= 0.6 is 23.1 Å². The fourth-order valence-electron chi connectivity index (χ4n) is 6.14. The number of nitrogens with zero attached hydrogens (tertiary/aromatic N) is 1. The molecule has 2 bridgehead atoms. The summed E-state index contributed by atoms with van der Waals surface area (Å²) in [4.78, 5) is 27.0. The van der Waals surface area contributed by atoms with E-state index in [4.69, 9.17) is 4.74 Å². The average Bonchev–Trinajstić information content (AvgIpc) is 3.53. The summed E-state index contributed by atoms with van der Waals surface area (Å²) in [6, 6.07) is 17.8. The molecule has 1 N–H and O–H groups in total. The Hall–Kier alpha value is -2.51. The molecule has 7 heteroatoms. The van der Waals surface area contributed by atoms with Crippen LogP contribution in [0.4, 0.5) is 5.69 Å². The molecule has 1 aromatic heterocycles. The van der Waals surface area contributed by atoms with E-state index in [-0.39, 0.29) is 23.2 Å². The Morgan fingerprint density at radius 3 is 2.61 bits per heavy atom. The van der Waals surface area contributed by atoms with Crippen molar-refractivity contribution in [1.82, 2.24) is 4.57 Å². The lowest BCUT2D eigenvalue weighted by molar-refractivity contribution is -0.116. The lowest BCUT2D eigenvalue weighted by atomic mass is 9.75. The number of carbonyl (C=O) groups excluding carboxylic acids is 1. The summed E-state index contributed by atoms with van der Waals surface area (Å²) >= 11 is 3.19. The Morgan fingerprint density at radius 1 is 1.09 bits per heavy atom. The summed E-state index contributed by atoms with van der Waals surface area (Å²) in [5.74, 6) is 2.88. The predicted molar refractivity (Wildman–Crippen MR) is 132 cm³/mol. The van der Waals surface area contributed by atoms with Gasteiger partial charge < -0.3 is 10.1 Å². The van der Waals surface area contributed by atoms with Crippen LogP contribution in [0.5, 0.6) is 5.75 Å². The number of fused-ring (bicyclic) bond motifs is 6. The molecule has 5 atom stereocenters. The summed E-state index contributed by atoms with van der Waals surface area (Å²) in [5.41, 5.74) is 2.00.